The largest absolute Gasteiger partial charge is 0.872 e. The van der Waals surface area contributed by atoms with Crippen LogP contribution in [0.4, 0.5) is 0 Å². The molecule has 2 aromatic rings. The van der Waals surface area contributed by atoms with Crippen molar-refractivity contribution < 1.29 is 29.2 Å². The molecule has 0 radical (unpaired) electrons. The zero-order valence-corrected chi connectivity index (χ0v) is 16.0. The Kier molecular flexibility index (Phi) is 5.75. The number of nitrogens with one attached hydrogen (secondary N) is 1. The standard InChI is InChI=1S/C21H22N2O5/c1-13-12-15(28-3)4-5-16(13)19(24)17-18(14-6-8-22-9-7-14)23(10-11-27-2)21(26)20(17)25/h4-9,12,18,24H,10-11H2,1-3H3/b19-17+. The Bertz CT molecular complexity index is 924. The van der Waals surface area contributed by atoms with Crippen molar-refractivity contribution in [2.24, 2.45) is 0 Å². The average molecular weight is 382 g/mol. The van der Waals surface area contributed by atoms with Crippen LogP contribution in [-0.4, -0.2) is 44.0 Å². The Morgan fingerprint density at radius 1 is 1.18 bits per heavy atom. The number of ether oxygens (including phenoxy) is 2. The molecular weight excluding hydrogens is 360 g/mol. The quantitative estimate of drug-likeness (QED) is 0.416. The number of aryl methyl sites for hydroxylation is 1. The predicted octanol–water partition coefficient (Wildman–Crippen LogP) is 0.688. The minimum atomic E-state index is -0.769. The third-order valence-corrected chi connectivity index (χ3v) is 4.80. The number of benzene rings is 1. The zero-order valence-electron chi connectivity index (χ0n) is 16.0. The molecule has 1 N–H and O–H groups in total. The van der Waals surface area contributed by atoms with E-state index in [-0.39, 0.29) is 18.7 Å². The van der Waals surface area contributed by atoms with Gasteiger partial charge in [-0.1, -0.05) is 11.8 Å². The number of nitrogens with zero attached hydrogens (tertiary/aromatic N) is 1. The highest BCUT2D eigenvalue weighted by atomic mass is 16.5. The first kappa shape index (κ1) is 19.6. The van der Waals surface area contributed by atoms with Crippen LogP contribution >= 0.6 is 0 Å². The van der Waals surface area contributed by atoms with E-state index >= 15 is 0 Å². The van der Waals surface area contributed by atoms with E-state index in [1.165, 1.54) is 12.0 Å². The van der Waals surface area contributed by atoms with Gasteiger partial charge in [0.2, 0.25) is 5.78 Å². The molecule has 1 aromatic heterocycles. The molecule has 1 unspecified atom stereocenters. The van der Waals surface area contributed by atoms with E-state index in [0.29, 0.717) is 22.4 Å². The van der Waals surface area contributed by atoms with Gasteiger partial charge in [0.1, 0.15) is 5.75 Å². The van der Waals surface area contributed by atoms with E-state index in [2.05, 4.69) is 4.98 Å². The molecule has 1 saturated heterocycles. The van der Waals surface area contributed by atoms with Crippen molar-refractivity contribution in [1.82, 2.24) is 4.90 Å². The number of hydrogen-bond donors (Lipinski definition) is 0. The fourth-order valence-corrected chi connectivity index (χ4v) is 3.38. The second kappa shape index (κ2) is 8.22. The summed E-state index contributed by atoms with van der Waals surface area (Å²) in [6.45, 7) is 2.24. The SMILES string of the molecule is COCCN1C(=O)C(=O)/C(=C(/[O-])c2ccc(OC)cc2C)C1c1cc[nH+]cc1. The molecule has 1 aliphatic heterocycles. The lowest BCUT2D eigenvalue weighted by Crippen LogP contribution is -2.32. The molecular formula is C21H22N2O5. The van der Waals surface area contributed by atoms with Gasteiger partial charge in [-0.15, -0.1) is 0 Å². The van der Waals surface area contributed by atoms with Gasteiger partial charge in [0.15, 0.2) is 12.4 Å². The van der Waals surface area contributed by atoms with Crippen molar-refractivity contribution in [3.05, 3.63) is 65.0 Å². The number of carbonyl (C=O) groups excluding carboxylic acids is 2. The van der Waals surface area contributed by atoms with Gasteiger partial charge in [-0.3, -0.25) is 9.59 Å². The summed E-state index contributed by atoms with van der Waals surface area (Å²) in [5.74, 6) is -1.29. The van der Waals surface area contributed by atoms with Crippen molar-refractivity contribution in [2.45, 2.75) is 13.0 Å². The van der Waals surface area contributed by atoms with Gasteiger partial charge in [0.25, 0.3) is 5.91 Å². The molecule has 0 bridgehead atoms. The maximum absolute atomic E-state index is 13.3. The van der Waals surface area contributed by atoms with Crippen molar-refractivity contribution >= 4 is 17.4 Å². The summed E-state index contributed by atoms with van der Waals surface area (Å²) in [4.78, 5) is 29.7. The summed E-state index contributed by atoms with van der Waals surface area (Å²) in [7, 11) is 3.06. The highest BCUT2D eigenvalue weighted by molar-refractivity contribution is 6.46. The summed E-state index contributed by atoms with van der Waals surface area (Å²) >= 11 is 0. The summed E-state index contributed by atoms with van der Waals surface area (Å²) < 4.78 is 10.3. The number of aromatic amines is 1. The first-order valence-corrected chi connectivity index (χ1v) is 8.86. The summed E-state index contributed by atoms with van der Waals surface area (Å²) in [6, 6.07) is 7.77. The minimum absolute atomic E-state index is 0.0411. The van der Waals surface area contributed by atoms with Gasteiger partial charge in [-0.05, 0) is 35.7 Å². The Hall–Kier alpha value is -3.19. The number of aromatic nitrogens is 1. The van der Waals surface area contributed by atoms with Crippen LogP contribution in [0.3, 0.4) is 0 Å². The van der Waals surface area contributed by atoms with E-state index in [9.17, 15) is 14.7 Å². The molecule has 1 aliphatic rings. The van der Waals surface area contributed by atoms with Crippen LogP contribution in [0.15, 0.2) is 48.3 Å². The molecule has 0 aliphatic carbocycles. The van der Waals surface area contributed by atoms with Gasteiger partial charge >= 0.3 is 0 Å². The number of methoxy groups -OCH3 is 2. The molecule has 1 aromatic carbocycles. The number of H-pyrrole nitrogens is 1. The fourth-order valence-electron chi connectivity index (χ4n) is 3.38. The van der Waals surface area contributed by atoms with E-state index in [4.69, 9.17) is 9.47 Å². The van der Waals surface area contributed by atoms with Crippen LogP contribution in [0, 0.1) is 6.92 Å². The second-order valence-corrected chi connectivity index (χ2v) is 6.48. The van der Waals surface area contributed by atoms with E-state index in [1.54, 1.807) is 56.8 Å². The third-order valence-electron chi connectivity index (χ3n) is 4.80. The van der Waals surface area contributed by atoms with Crippen LogP contribution in [0.2, 0.25) is 0 Å². The van der Waals surface area contributed by atoms with Crippen LogP contribution in [0.1, 0.15) is 22.7 Å². The lowest BCUT2D eigenvalue weighted by Gasteiger charge is -2.27. The predicted molar refractivity (Wildman–Crippen MR) is 99.0 cm³/mol. The fraction of sp³-hybridized carbons (Fsp3) is 0.286. The number of amides is 1. The minimum Gasteiger partial charge on any atom is -0.872 e. The van der Waals surface area contributed by atoms with Gasteiger partial charge < -0.3 is 19.5 Å². The molecule has 1 fully saturated rings. The van der Waals surface area contributed by atoms with Crippen LogP contribution in [0.5, 0.6) is 5.75 Å². The van der Waals surface area contributed by atoms with Crippen LogP contribution in [0.25, 0.3) is 5.76 Å². The van der Waals surface area contributed by atoms with Gasteiger partial charge in [0.05, 0.1) is 19.8 Å². The molecule has 2 heterocycles. The van der Waals surface area contributed by atoms with Crippen LogP contribution < -0.4 is 14.8 Å². The average Bonchev–Trinajstić information content (AvgIpc) is 2.97. The molecule has 0 spiro atoms. The van der Waals surface area contributed by atoms with Crippen molar-refractivity contribution in [1.29, 1.82) is 0 Å². The van der Waals surface area contributed by atoms with Crippen molar-refractivity contribution in [2.75, 3.05) is 27.4 Å². The van der Waals surface area contributed by atoms with Gasteiger partial charge in [0, 0.05) is 31.4 Å². The third kappa shape index (κ3) is 3.48. The molecule has 7 nitrogen and oxygen atoms in total. The number of hydrogen-bond acceptors (Lipinski definition) is 5. The topological polar surface area (TPSA) is 93.0 Å². The number of pyridine rings is 1. The molecule has 1 atom stereocenters. The maximum atomic E-state index is 13.3. The smallest absolute Gasteiger partial charge is 0.295 e. The number of likely N-dealkylation sites (tertiary alicyclic amines) is 1. The van der Waals surface area contributed by atoms with Gasteiger partial charge in [-0.25, -0.2) is 4.98 Å². The lowest BCUT2D eigenvalue weighted by molar-refractivity contribution is -0.378. The van der Waals surface area contributed by atoms with Crippen LogP contribution in [-0.2, 0) is 14.3 Å². The van der Waals surface area contributed by atoms with Crippen molar-refractivity contribution in [3.63, 3.8) is 0 Å². The molecule has 0 saturated carbocycles. The molecule has 3 rings (SSSR count). The van der Waals surface area contributed by atoms with E-state index in [1.807, 2.05) is 0 Å². The molecule has 7 heteroatoms. The van der Waals surface area contributed by atoms with E-state index in [0.717, 1.165) is 0 Å². The molecule has 28 heavy (non-hydrogen) atoms. The number of carbonyl (C=O) groups is 2. The molecule has 146 valence electrons. The Morgan fingerprint density at radius 3 is 2.50 bits per heavy atom. The maximum Gasteiger partial charge on any atom is 0.295 e. The zero-order chi connectivity index (χ0) is 20.3. The lowest BCUT2D eigenvalue weighted by atomic mass is 9.94. The Balaban J connectivity index is 2.16. The second-order valence-electron chi connectivity index (χ2n) is 6.48. The first-order chi connectivity index (χ1) is 13.5. The number of ketones is 1. The monoisotopic (exact) mass is 382 g/mol. The highest BCUT2D eigenvalue weighted by Crippen LogP contribution is 2.38. The first-order valence-electron chi connectivity index (χ1n) is 8.86. The van der Waals surface area contributed by atoms with E-state index < -0.39 is 23.5 Å². The summed E-state index contributed by atoms with van der Waals surface area (Å²) in [6.07, 6.45) is 3.38. The Morgan fingerprint density at radius 2 is 1.89 bits per heavy atom. The summed E-state index contributed by atoms with van der Waals surface area (Å²) in [5.41, 5.74) is 1.69. The molecule has 1 amide bonds. The summed E-state index contributed by atoms with van der Waals surface area (Å²) in [5, 5.41) is 13.3. The highest BCUT2D eigenvalue weighted by Gasteiger charge is 2.44. The number of rotatable bonds is 6. The number of Topliss-reactive ketones (excluding diaryl/α,β-unsaturated/α-hetero) is 1. The van der Waals surface area contributed by atoms with Crippen molar-refractivity contribution in [3.8, 4) is 5.75 Å². The van der Waals surface area contributed by atoms with Gasteiger partial charge in [-0.2, -0.15) is 0 Å². The normalized spacial score (nSPS) is 18.5. The Labute approximate surface area is 163 Å².